The first-order valence-electron chi connectivity index (χ1n) is 10.2. The average Bonchev–Trinajstić information content (AvgIpc) is 3.41. The third kappa shape index (κ3) is 4.63. The molecule has 0 spiro atoms. The molecule has 11 heteroatoms. The Morgan fingerprint density at radius 3 is 2.79 bits per heavy atom. The van der Waals surface area contributed by atoms with Gasteiger partial charge in [0.25, 0.3) is 0 Å². The number of carbonyl (C=O) groups excluding carboxylic acids is 1. The van der Waals surface area contributed by atoms with Crippen molar-refractivity contribution in [3.63, 3.8) is 0 Å². The highest BCUT2D eigenvalue weighted by Crippen LogP contribution is 2.36. The van der Waals surface area contributed by atoms with Crippen molar-refractivity contribution < 1.29 is 22.5 Å². The van der Waals surface area contributed by atoms with Gasteiger partial charge in [-0.05, 0) is 30.8 Å². The molecule has 8 nitrogen and oxygen atoms in total. The Bertz CT molecular complexity index is 1240. The first-order valence-corrected chi connectivity index (χ1v) is 10.2. The van der Waals surface area contributed by atoms with E-state index < -0.39 is 11.7 Å². The number of carbonyl (C=O) groups is 1. The van der Waals surface area contributed by atoms with Crippen LogP contribution in [-0.2, 0) is 19.1 Å². The molecule has 4 rings (SSSR count). The van der Waals surface area contributed by atoms with Gasteiger partial charge in [-0.3, -0.25) is 9.79 Å². The first kappa shape index (κ1) is 22.6. The van der Waals surface area contributed by atoms with Crippen molar-refractivity contribution in [3.05, 3.63) is 64.4 Å². The zero-order valence-electron chi connectivity index (χ0n) is 17.9. The van der Waals surface area contributed by atoms with Crippen LogP contribution < -0.4 is 11.1 Å². The minimum atomic E-state index is -4.41. The summed E-state index contributed by atoms with van der Waals surface area (Å²) in [6, 6.07) is 5.12. The van der Waals surface area contributed by atoms with Crippen LogP contribution in [0.4, 0.5) is 24.7 Å². The SMILES string of the molecule is CNCc1c(N)ncnc1C(=O)C[C@H](C)c1cc(C2=Nc3ccc(C(F)(F)F)cc3C2)no1. The molecule has 172 valence electrons. The van der Waals surface area contributed by atoms with Crippen LogP contribution in [0.5, 0.6) is 0 Å². The Balaban J connectivity index is 1.48. The molecule has 33 heavy (non-hydrogen) atoms. The maximum atomic E-state index is 13.0. The van der Waals surface area contributed by atoms with E-state index in [1.807, 2.05) is 6.92 Å². The summed E-state index contributed by atoms with van der Waals surface area (Å²) >= 11 is 0. The van der Waals surface area contributed by atoms with Gasteiger partial charge in [-0.15, -0.1) is 0 Å². The molecule has 2 aromatic heterocycles. The molecule has 1 aromatic carbocycles. The number of anilines is 1. The van der Waals surface area contributed by atoms with Gasteiger partial charge in [-0.25, -0.2) is 9.97 Å². The van der Waals surface area contributed by atoms with Crippen molar-refractivity contribution in [1.29, 1.82) is 0 Å². The minimum absolute atomic E-state index is 0.101. The van der Waals surface area contributed by atoms with E-state index in [0.717, 1.165) is 12.1 Å². The summed E-state index contributed by atoms with van der Waals surface area (Å²) < 4.78 is 44.3. The highest BCUT2D eigenvalue weighted by atomic mass is 19.4. The smallest absolute Gasteiger partial charge is 0.383 e. The molecule has 1 aliphatic rings. The number of aliphatic imine (C=N–C) groups is 1. The van der Waals surface area contributed by atoms with Crippen LogP contribution in [0.1, 0.15) is 57.9 Å². The van der Waals surface area contributed by atoms with E-state index in [1.54, 1.807) is 13.1 Å². The number of ketones is 1. The van der Waals surface area contributed by atoms with E-state index in [4.69, 9.17) is 10.3 Å². The Kier molecular flexibility index (Phi) is 5.98. The van der Waals surface area contributed by atoms with Crippen LogP contribution in [0, 0.1) is 0 Å². The number of Topliss-reactive ketones (excluding diaryl/α,β-unsaturated/α-hetero) is 1. The fourth-order valence-electron chi connectivity index (χ4n) is 3.68. The number of halogens is 3. The van der Waals surface area contributed by atoms with Gasteiger partial charge in [0.1, 0.15) is 29.3 Å². The average molecular weight is 458 g/mol. The van der Waals surface area contributed by atoms with E-state index in [9.17, 15) is 18.0 Å². The lowest BCUT2D eigenvalue weighted by Gasteiger charge is -2.11. The molecule has 0 unspecified atom stereocenters. The number of hydrogen-bond donors (Lipinski definition) is 2. The Hall–Kier alpha value is -3.60. The van der Waals surface area contributed by atoms with Crippen molar-refractivity contribution in [1.82, 2.24) is 20.4 Å². The zero-order chi connectivity index (χ0) is 23.8. The molecule has 0 saturated carbocycles. The van der Waals surface area contributed by atoms with E-state index in [1.165, 1.54) is 12.4 Å². The summed E-state index contributed by atoms with van der Waals surface area (Å²) in [5.41, 5.74) is 7.84. The summed E-state index contributed by atoms with van der Waals surface area (Å²) in [5, 5.41) is 6.96. The van der Waals surface area contributed by atoms with Gasteiger partial charge < -0.3 is 15.6 Å². The Labute approximate surface area is 187 Å². The number of nitrogens with two attached hydrogens (primary N) is 1. The molecule has 1 aliphatic heterocycles. The summed E-state index contributed by atoms with van der Waals surface area (Å²) in [7, 11) is 1.73. The molecular formula is C22H21F3N6O2. The molecular weight excluding hydrogens is 437 g/mol. The predicted octanol–water partition coefficient (Wildman–Crippen LogP) is 3.84. The lowest BCUT2D eigenvalue weighted by Crippen LogP contribution is -2.17. The van der Waals surface area contributed by atoms with Crippen molar-refractivity contribution >= 4 is 23.0 Å². The molecule has 0 fully saturated rings. The van der Waals surface area contributed by atoms with Crippen LogP contribution in [0.25, 0.3) is 0 Å². The largest absolute Gasteiger partial charge is 0.416 e. The van der Waals surface area contributed by atoms with Gasteiger partial charge in [-0.2, -0.15) is 13.2 Å². The highest BCUT2D eigenvalue weighted by Gasteiger charge is 2.32. The van der Waals surface area contributed by atoms with Gasteiger partial charge >= 0.3 is 6.18 Å². The topological polar surface area (TPSA) is 119 Å². The number of benzene rings is 1. The van der Waals surface area contributed by atoms with Gasteiger partial charge in [0.05, 0.1) is 17.0 Å². The molecule has 0 saturated heterocycles. The number of nitrogens with zero attached hydrogens (tertiary/aromatic N) is 4. The van der Waals surface area contributed by atoms with Crippen molar-refractivity contribution in [2.45, 2.75) is 38.4 Å². The van der Waals surface area contributed by atoms with Gasteiger partial charge in [0, 0.05) is 36.9 Å². The van der Waals surface area contributed by atoms with Crippen molar-refractivity contribution in [3.8, 4) is 0 Å². The van der Waals surface area contributed by atoms with E-state index in [0.29, 0.717) is 40.5 Å². The van der Waals surface area contributed by atoms with Crippen molar-refractivity contribution in [2.24, 2.45) is 4.99 Å². The van der Waals surface area contributed by atoms with E-state index in [-0.39, 0.29) is 36.1 Å². The summed E-state index contributed by atoms with van der Waals surface area (Å²) in [5.74, 6) is 0.165. The molecule has 0 radical (unpaired) electrons. The van der Waals surface area contributed by atoms with Gasteiger partial charge in [0.2, 0.25) is 0 Å². The van der Waals surface area contributed by atoms with Crippen LogP contribution >= 0.6 is 0 Å². The number of nitrogens with one attached hydrogen (secondary N) is 1. The van der Waals surface area contributed by atoms with Crippen LogP contribution in [0.2, 0.25) is 0 Å². The molecule has 0 aliphatic carbocycles. The molecule has 3 heterocycles. The number of nitrogen functional groups attached to an aromatic ring is 1. The fourth-order valence-corrected chi connectivity index (χ4v) is 3.68. The zero-order valence-corrected chi connectivity index (χ0v) is 17.9. The van der Waals surface area contributed by atoms with E-state index in [2.05, 4.69) is 25.4 Å². The second kappa shape index (κ2) is 8.74. The highest BCUT2D eigenvalue weighted by molar-refractivity contribution is 6.05. The second-order valence-corrected chi connectivity index (χ2v) is 7.84. The number of aromatic nitrogens is 3. The molecule has 0 bridgehead atoms. The number of rotatable bonds is 7. The first-order chi connectivity index (χ1) is 15.7. The number of alkyl halides is 3. The van der Waals surface area contributed by atoms with Crippen LogP contribution in [0.15, 0.2) is 40.1 Å². The quantitative estimate of drug-likeness (QED) is 0.516. The number of fused-ring (bicyclic) bond motifs is 1. The fraction of sp³-hybridized carbons (Fsp3) is 0.318. The normalized spacial score (nSPS) is 14.2. The second-order valence-electron chi connectivity index (χ2n) is 7.84. The Morgan fingerprint density at radius 2 is 2.06 bits per heavy atom. The summed E-state index contributed by atoms with van der Waals surface area (Å²) in [6.45, 7) is 2.16. The maximum Gasteiger partial charge on any atom is 0.416 e. The molecule has 3 aromatic rings. The summed E-state index contributed by atoms with van der Waals surface area (Å²) in [6.07, 6.45) is -2.85. The molecule has 1 atom stereocenters. The monoisotopic (exact) mass is 458 g/mol. The van der Waals surface area contributed by atoms with Crippen LogP contribution in [-0.4, -0.2) is 33.7 Å². The van der Waals surface area contributed by atoms with Gasteiger partial charge in [0.15, 0.2) is 5.78 Å². The predicted molar refractivity (Wildman–Crippen MR) is 114 cm³/mol. The third-order valence-electron chi connectivity index (χ3n) is 5.42. The minimum Gasteiger partial charge on any atom is -0.383 e. The summed E-state index contributed by atoms with van der Waals surface area (Å²) in [4.78, 5) is 25.3. The molecule has 3 N–H and O–H groups in total. The van der Waals surface area contributed by atoms with Gasteiger partial charge in [-0.1, -0.05) is 12.1 Å². The lowest BCUT2D eigenvalue weighted by atomic mass is 9.97. The maximum absolute atomic E-state index is 13.0. The third-order valence-corrected chi connectivity index (χ3v) is 5.42. The van der Waals surface area contributed by atoms with E-state index >= 15 is 0 Å². The molecule has 0 amide bonds. The van der Waals surface area contributed by atoms with Crippen molar-refractivity contribution in [2.75, 3.05) is 12.8 Å². The lowest BCUT2D eigenvalue weighted by molar-refractivity contribution is -0.137. The standard InChI is InChI=1S/C22H21F3N6O2/c1-11(5-18(32)20-14(9-27-2)21(26)29-10-28-20)19-8-17(31-33-19)16-7-12-6-13(22(23,24)25)3-4-15(12)30-16/h3-4,6,8,10-11,27H,5,7,9H2,1-2H3,(H2,26,28,29)/t11-/m0/s1. The van der Waals surface area contributed by atoms with Crippen LogP contribution in [0.3, 0.4) is 0 Å². The number of hydrogen-bond acceptors (Lipinski definition) is 8. The Morgan fingerprint density at radius 1 is 1.27 bits per heavy atom.